The van der Waals surface area contributed by atoms with Gasteiger partial charge in [0, 0.05) is 29.9 Å². The van der Waals surface area contributed by atoms with Gasteiger partial charge in [0.1, 0.15) is 17.5 Å². The molecule has 6 rings (SSSR count). The number of rotatable bonds is 2. The van der Waals surface area contributed by atoms with E-state index in [0.717, 1.165) is 28.3 Å². The summed E-state index contributed by atoms with van der Waals surface area (Å²) in [4.78, 5) is 34.6. The number of aromatic nitrogens is 1. The van der Waals surface area contributed by atoms with Crippen LogP contribution in [-0.4, -0.2) is 52.3 Å². The molecule has 0 radical (unpaired) electrons. The lowest BCUT2D eigenvalue weighted by atomic mass is 9.79. The van der Waals surface area contributed by atoms with Crippen molar-refractivity contribution in [1.29, 1.82) is 0 Å². The van der Waals surface area contributed by atoms with E-state index in [4.69, 9.17) is 0 Å². The third kappa shape index (κ3) is 3.91. The highest BCUT2D eigenvalue weighted by Gasteiger charge is 2.52. The van der Waals surface area contributed by atoms with E-state index in [9.17, 15) is 18.4 Å². The fraction of sp³-hybridized carbons (Fsp3) is 0.344. The van der Waals surface area contributed by atoms with Gasteiger partial charge in [-0.15, -0.1) is 0 Å². The number of hydrogen-bond acceptors (Lipinski definition) is 4. The van der Waals surface area contributed by atoms with E-state index in [2.05, 4.69) is 22.1 Å². The van der Waals surface area contributed by atoms with Crippen molar-refractivity contribution < 1.29 is 18.4 Å². The van der Waals surface area contributed by atoms with Crippen molar-refractivity contribution in [2.24, 2.45) is 0 Å². The molecule has 0 saturated carbocycles. The molecule has 2 aromatic carbocycles. The summed E-state index contributed by atoms with van der Waals surface area (Å²) in [6.45, 7) is 5.97. The molecule has 0 unspecified atom stereocenters. The zero-order valence-corrected chi connectivity index (χ0v) is 22.9. The highest BCUT2D eigenvalue weighted by atomic mass is 19.1. The largest absolute Gasteiger partial charge is 0.319 e. The average Bonchev–Trinajstić information content (AvgIpc) is 3.41. The van der Waals surface area contributed by atoms with Crippen LogP contribution in [0.15, 0.2) is 54.7 Å². The number of carbonyl (C=O) groups is 2. The molecule has 6 nitrogen and oxygen atoms in total. The molecule has 1 N–H and O–H groups in total. The monoisotopic (exact) mass is 540 g/mol. The summed E-state index contributed by atoms with van der Waals surface area (Å²) in [7, 11) is 1.84. The number of likely N-dealkylation sites (N-methyl/N-ethyl adjacent to an activating group) is 1. The normalized spacial score (nSPS) is 24.9. The number of benzene rings is 2. The highest BCUT2D eigenvalue weighted by molar-refractivity contribution is 6.06. The third-order valence-electron chi connectivity index (χ3n) is 9.00. The predicted octanol–water partition coefficient (Wildman–Crippen LogP) is 4.17. The van der Waals surface area contributed by atoms with Crippen molar-refractivity contribution in [2.75, 3.05) is 25.5 Å². The van der Waals surface area contributed by atoms with Gasteiger partial charge in [-0.3, -0.25) is 14.5 Å². The summed E-state index contributed by atoms with van der Waals surface area (Å²) in [6.07, 6.45) is 2.85. The molecule has 2 atom stereocenters. The first-order valence-corrected chi connectivity index (χ1v) is 13.3. The molecule has 0 bridgehead atoms. The molecule has 8 heteroatoms. The molecule has 1 aliphatic carbocycles. The molecule has 3 aliphatic rings. The second-order valence-electron chi connectivity index (χ2n) is 11.8. The van der Waals surface area contributed by atoms with Gasteiger partial charge in [-0.1, -0.05) is 24.0 Å². The van der Waals surface area contributed by atoms with E-state index in [0.29, 0.717) is 30.8 Å². The molecule has 1 aromatic heterocycles. The number of pyridine rings is 1. The molecular formula is C32H30F2N4O2. The Hall–Kier alpha value is -4.09. The Morgan fingerprint density at radius 3 is 2.48 bits per heavy atom. The van der Waals surface area contributed by atoms with E-state index < -0.39 is 28.1 Å². The van der Waals surface area contributed by atoms with Crippen molar-refractivity contribution in [3.8, 4) is 11.8 Å². The Bertz CT molecular complexity index is 1620. The fourth-order valence-electron chi connectivity index (χ4n) is 6.39. The molecule has 1 fully saturated rings. The zero-order valence-electron chi connectivity index (χ0n) is 22.9. The minimum atomic E-state index is -0.986. The summed E-state index contributed by atoms with van der Waals surface area (Å²) >= 11 is 0. The fourth-order valence-corrected chi connectivity index (χ4v) is 6.39. The Kier molecular flexibility index (Phi) is 5.86. The molecular weight excluding hydrogens is 510 g/mol. The highest BCUT2D eigenvalue weighted by Crippen LogP contribution is 2.46. The zero-order chi connectivity index (χ0) is 28.4. The third-order valence-corrected chi connectivity index (χ3v) is 9.00. The van der Waals surface area contributed by atoms with Crippen LogP contribution in [0, 0.1) is 23.5 Å². The Morgan fingerprint density at radius 2 is 1.73 bits per heavy atom. The lowest BCUT2D eigenvalue weighted by Crippen LogP contribution is -2.69. The number of halogens is 2. The summed E-state index contributed by atoms with van der Waals surface area (Å²) in [5.41, 5.74) is 1.81. The van der Waals surface area contributed by atoms with Crippen LogP contribution in [0.25, 0.3) is 0 Å². The quantitative estimate of drug-likeness (QED) is 0.496. The van der Waals surface area contributed by atoms with Crippen LogP contribution in [0.3, 0.4) is 0 Å². The second-order valence-corrected chi connectivity index (χ2v) is 11.8. The van der Waals surface area contributed by atoms with Crippen LogP contribution >= 0.6 is 0 Å². The summed E-state index contributed by atoms with van der Waals surface area (Å²) in [5, 5.41) is 2.93. The van der Waals surface area contributed by atoms with Crippen LogP contribution < -0.4 is 5.32 Å². The second kappa shape index (κ2) is 8.97. The number of anilines is 1. The maximum Gasteiger partial charge on any atom is 0.244 e. The smallest absolute Gasteiger partial charge is 0.244 e. The number of fused-ring (bicyclic) bond motifs is 3. The lowest BCUT2D eigenvalue weighted by molar-refractivity contribution is -0.159. The van der Waals surface area contributed by atoms with Gasteiger partial charge in [0.15, 0.2) is 0 Å². The predicted molar refractivity (Wildman–Crippen MR) is 147 cm³/mol. The first-order valence-electron chi connectivity index (χ1n) is 13.3. The van der Waals surface area contributed by atoms with Crippen molar-refractivity contribution >= 4 is 17.6 Å². The van der Waals surface area contributed by atoms with Gasteiger partial charge >= 0.3 is 0 Å². The summed E-state index contributed by atoms with van der Waals surface area (Å²) < 4.78 is 28.4. The van der Waals surface area contributed by atoms with Crippen LogP contribution in [0.1, 0.15) is 48.6 Å². The number of hydrogen-bond donors (Lipinski definition) is 1. The Morgan fingerprint density at radius 1 is 1.00 bits per heavy atom. The Labute approximate surface area is 232 Å². The summed E-state index contributed by atoms with van der Waals surface area (Å²) in [5.74, 6) is 5.38. The van der Waals surface area contributed by atoms with Crippen LogP contribution in [0.2, 0.25) is 0 Å². The van der Waals surface area contributed by atoms with Crippen molar-refractivity contribution in [1.82, 2.24) is 14.8 Å². The van der Waals surface area contributed by atoms with Gasteiger partial charge in [0.2, 0.25) is 11.8 Å². The molecule has 204 valence electrons. The molecule has 3 aromatic rings. The lowest BCUT2D eigenvalue weighted by Gasteiger charge is -2.54. The number of nitrogens with zero attached hydrogens (tertiary/aromatic N) is 3. The number of amides is 2. The van der Waals surface area contributed by atoms with Crippen LogP contribution in [0.5, 0.6) is 0 Å². The average molecular weight is 541 g/mol. The Balaban J connectivity index is 1.29. The molecule has 2 amide bonds. The number of nitrogens with one attached hydrogen (secondary N) is 1. The van der Waals surface area contributed by atoms with Crippen LogP contribution in [0.4, 0.5) is 14.6 Å². The first kappa shape index (κ1) is 26.1. The first-order chi connectivity index (χ1) is 18.9. The van der Waals surface area contributed by atoms with Gasteiger partial charge in [0.25, 0.3) is 0 Å². The van der Waals surface area contributed by atoms with Crippen LogP contribution in [-0.2, 0) is 33.4 Å². The molecule has 40 heavy (non-hydrogen) atoms. The SMILES string of the molecule is CN1C[C@@](C)(c2cc(F)cc(F)c2)N(CC#Cc2ccc3c(c2)C[C@@]2(C3)C(=O)Nc3ncccc32)C(=O)C1(C)C. The van der Waals surface area contributed by atoms with Crippen molar-refractivity contribution in [2.45, 2.75) is 50.1 Å². The summed E-state index contributed by atoms with van der Waals surface area (Å²) in [6, 6.07) is 13.2. The van der Waals surface area contributed by atoms with E-state index in [1.165, 1.54) is 12.1 Å². The molecule has 2 aliphatic heterocycles. The number of piperazine rings is 1. The molecule has 1 spiro atoms. The van der Waals surface area contributed by atoms with Gasteiger partial charge in [0.05, 0.1) is 23.0 Å². The van der Waals surface area contributed by atoms with Gasteiger partial charge < -0.3 is 10.2 Å². The maximum absolute atomic E-state index is 14.2. The van der Waals surface area contributed by atoms with E-state index >= 15 is 0 Å². The maximum atomic E-state index is 14.2. The van der Waals surface area contributed by atoms with Gasteiger partial charge in [-0.25, -0.2) is 13.8 Å². The van der Waals surface area contributed by atoms with E-state index in [1.54, 1.807) is 11.1 Å². The van der Waals surface area contributed by atoms with Crippen molar-refractivity contribution in [3.63, 3.8) is 0 Å². The minimum absolute atomic E-state index is 0.0331. The van der Waals surface area contributed by atoms with Gasteiger partial charge in [-0.05, 0) is 87.7 Å². The standard InChI is InChI=1S/C32H30F2N4O2/c1-30(2)29(40)38(31(3,19-37(30)4)23-14-24(33)16-25(34)15-23)12-6-7-20-9-10-21-17-32(18-22(21)13-20)26-8-5-11-35-27(26)36-28(32)39/h5,8-11,13-16H,12,17-19H2,1-4H3,(H,35,36,39)/t31-,32+/m0/s1. The van der Waals surface area contributed by atoms with E-state index in [1.807, 2.05) is 63.1 Å². The topological polar surface area (TPSA) is 65.5 Å². The van der Waals surface area contributed by atoms with Gasteiger partial charge in [-0.2, -0.15) is 0 Å². The van der Waals surface area contributed by atoms with Crippen molar-refractivity contribution in [3.05, 3.63) is 94.2 Å². The molecule has 3 heterocycles. The molecule has 1 saturated heterocycles. The van der Waals surface area contributed by atoms with E-state index in [-0.39, 0.29) is 18.4 Å². The minimum Gasteiger partial charge on any atom is -0.319 e. The number of carbonyl (C=O) groups excluding carboxylic acids is 2.